The van der Waals surface area contributed by atoms with Crippen LogP contribution in [-0.4, -0.2) is 30.2 Å². The Kier molecular flexibility index (Phi) is 4.32. The first-order chi connectivity index (χ1) is 9.70. The van der Waals surface area contributed by atoms with Crippen molar-refractivity contribution in [3.63, 3.8) is 0 Å². The van der Waals surface area contributed by atoms with E-state index in [0.717, 1.165) is 25.8 Å². The molecule has 1 amide bonds. The van der Waals surface area contributed by atoms with Gasteiger partial charge >= 0.3 is 0 Å². The van der Waals surface area contributed by atoms with Gasteiger partial charge < -0.3 is 16.2 Å². The molecular formula is C16H28N2O2. The minimum Gasteiger partial charge on any atom is -0.396 e. The SMILES string of the molecule is NC1C2CCC(C2)C1C(=O)NCC1CCCCC1CO. The van der Waals surface area contributed by atoms with Crippen molar-refractivity contribution in [1.82, 2.24) is 5.32 Å². The van der Waals surface area contributed by atoms with E-state index in [1.54, 1.807) is 0 Å². The Balaban J connectivity index is 1.52. The van der Waals surface area contributed by atoms with Crippen molar-refractivity contribution < 1.29 is 9.90 Å². The van der Waals surface area contributed by atoms with Crippen molar-refractivity contribution in [2.75, 3.05) is 13.2 Å². The Morgan fingerprint density at radius 2 is 1.80 bits per heavy atom. The predicted octanol–water partition coefficient (Wildman–Crippen LogP) is 1.27. The molecule has 3 rings (SSSR count). The highest BCUT2D eigenvalue weighted by atomic mass is 16.3. The number of aliphatic hydroxyl groups is 1. The molecule has 3 saturated carbocycles. The summed E-state index contributed by atoms with van der Waals surface area (Å²) in [5.41, 5.74) is 6.23. The average molecular weight is 280 g/mol. The lowest BCUT2D eigenvalue weighted by Crippen LogP contribution is -2.47. The number of carbonyl (C=O) groups is 1. The Morgan fingerprint density at radius 3 is 2.45 bits per heavy atom. The first-order valence-corrected chi connectivity index (χ1v) is 8.35. The molecule has 0 heterocycles. The molecule has 3 fully saturated rings. The second-order valence-electron chi connectivity index (χ2n) is 7.17. The van der Waals surface area contributed by atoms with Crippen LogP contribution in [0.2, 0.25) is 0 Å². The molecular weight excluding hydrogens is 252 g/mol. The van der Waals surface area contributed by atoms with Crippen LogP contribution in [0.4, 0.5) is 0 Å². The summed E-state index contributed by atoms with van der Waals surface area (Å²) in [5, 5.41) is 12.6. The van der Waals surface area contributed by atoms with Gasteiger partial charge in [-0.1, -0.05) is 12.8 Å². The Morgan fingerprint density at radius 1 is 1.10 bits per heavy atom. The van der Waals surface area contributed by atoms with Crippen LogP contribution >= 0.6 is 0 Å². The number of nitrogens with two attached hydrogens (primary N) is 1. The molecule has 0 aliphatic heterocycles. The maximum Gasteiger partial charge on any atom is 0.224 e. The van der Waals surface area contributed by atoms with E-state index in [4.69, 9.17) is 5.73 Å². The fourth-order valence-corrected chi connectivity index (χ4v) is 4.87. The summed E-state index contributed by atoms with van der Waals surface area (Å²) in [7, 11) is 0. The van der Waals surface area contributed by atoms with Gasteiger partial charge in [0, 0.05) is 19.2 Å². The standard InChI is InChI=1S/C16H28N2O2/c17-15-11-6-5-10(7-11)14(15)16(20)18-8-12-3-1-2-4-13(12)9-19/h10-15,19H,1-9,17H2,(H,18,20). The minimum atomic E-state index is 0.0462. The Hall–Kier alpha value is -0.610. The molecule has 0 radical (unpaired) electrons. The number of amides is 1. The van der Waals surface area contributed by atoms with Crippen LogP contribution in [0.1, 0.15) is 44.9 Å². The molecule has 6 atom stereocenters. The van der Waals surface area contributed by atoms with E-state index in [1.165, 1.54) is 25.7 Å². The lowest BCUT2D eigenvalue weighted by atomic mass is 9.79. The largest absolute Gasteiger partial charge is 0.396 e. The zero-order valence-corrected chi connectivity index (χ0v) is 12.3. The number of fused-ring (bicyclic) bond motifs is 2. The summed E-state index contributed by atoms with van der Waals surface area (Å²) < 4.78 is 0. The average Bonchev–Trinajstić information content (AvgIpc) is 3.06. The van der Waals surface area contributed by atoms with Crippen LogP contribution in [-0.2, 0) is 4.79 Å². The number of rotatable bonds is 4. The third-order valence-corrected chi connectivity index (χ3v) is 6.12. The van der Waals surface area contributed by atoms with Crippen LogP contribution in [0.3, 0.4) is 0 Å². The van der Waals surface area contributed by atoms with Gasteiger partial charge in [-0.15, -0.1) is 0 Å². The summed E-state index contributed by atoms with van der Waals surface area (Å²) in [6, 6.07) is 0.0775. The summed E-state index contributed by atoms with van der Waals surface area (Å²) in [5.74, 6) is 2.15. The van der Waals surface area contributed by atoms with Gasteiger partial charge in [0.05, 0.1) is 5.92 Å². The molecule has 4 N–H and O–H groups in total. The number of hydrogen-bond acceptors (Lipinski definition) is 3. The molecule has 0 spiro atoms. The van der Waals surface area contributed by atoms with E-state index in [0.29, 0.717) is 23.7 Å². The van der Waals surface area contributed by atoms with Gasteiger partial charge in [-0.2, -0.15) is 0 Å². The van der Waals surface area contributed by atoms with Crippen molar-refractivity contribution in [1.29, 1.82) is 0 Å². The lowest BCUT2D eigenvalue weighted by molar-refractivity contribution is -0.127. The van der Waals surface area contributed by atoms with E-state index in [2.05, 4.69) is 5.32 Å². The highest BCUT2D eigenvalue weighted by Crippen LogP contribution is 2.47. The van der Waals surface area contributed by atoms with Crippen LogP contribution in [0.25, 0.3) is 0 Å². The molecule has 4 nitrogen and oxygen atoms in total. The fraction of sp³-hybridized carbons (Fsp3) is 0.938. The summed E-state index contributed by atoms with van der Waals surface area (Å²) in [6.45, 7) is 0.985. The molecule has 0 aromatic rings. The van der Waals surface area contributed by atoms with Gasteiger partial charge in [-0.3, -0.25) is 4.79 Å². The van der Waals surface area contributed by atoms with Gasteiger partial charge in [0.15, 0.2) is 0 Å². The second kappa shape index (κ2) is 6.02. The molecule has 114 valence electrons. The van der Waals surface area contributed by atoms with E-state index in [-0.39, 0.29) is 24.5 Å². The third-order valence-electron chi connectivity index (χ3n) is 6.12. The molecule has 3 aliphatic rings. The number of hydrogen-bond donors (Lipinski definition) is 3. The molecule has 3 aliphatic carbocycles. The monoisotopic (exact) mass is 280 g/mol. The number of carbonyl (C=O) groups excluding carboxylic acids is 1. The number of nitrogens with one attached hydrogen (secondary N) is 1. The first-order valence-electron chi connectivity index (χ1n) is 8.35. The van der Waals surface area contributed by atoms with E-state index >= 15 is 0 Å². The predicted molar refractivity (Wildman–Crippen MR) is 77.8 cm³/mol. The lowest BCUT2D eigenvalue weighted by Gasteiger charge is -2.32. The van der Waals surface area contributed by atoms with Crippen LogP contribution in [0, 0.1) is 29.6 Å². The Bertz CT molecular complexity index is 358. The molecule has 4 heteroatoms. The normalized spacial score (nSPS) is 43.7. The first kappa shape index (κ1) is 14.3. The van der Waals surface area contributed by atoms with Crippen molar-refractivity contribution >= 4 is 5.91 Å². The van der Waals surface area contributed by atoms with Crippen molar-refractivity contribution in [3.8, 4) is 0 Å². The van der Waals surface area contributed by atoms with E-state index in [9.17, 15) is 9.90 Å². The van der Waals surface area contributed by atoms with Crippen molar-refractivity contribution in [2.45, 2.75) is 51.0 Å². The molecule has 2 bridgehead atoms. The molecule has 0 aromatic carbocycles. The van der Waals surface area contributed by atoms with E-state index < -0.39 is 0 Å². The van der Waals surface area contributed by atoms with Crippen LogP contribution < -0.4 is 11.1 Å². The number of aliphatic hydroxyl groups excluding tert-OH is 1. The van der Waals surface area contributed by atoms with Crippen molar-refractivity contribution in [2.24, 2.45) is 35.3 Å². The van der Waals surface area contributed by atoms with Gasteiger partial charge in [0.25, 0.3) is 0 Å². The van der Waals surface area contributed by atoms with Gasteiger partial charge in [0.1, 0.15) is 0 Å². The maximum atomic E-state index is 12.4. The highest BCUT2D eigenvalue weighted by molar-refractivity contribution is 5.80. The van der Waals surface area contributed by atoms with Gasteiger partial charge in [-0.05, 0) is 55.8 Å². The zero-order chi connectivity index (χ0) is 14.1. The molecule has 20 heavy (non-hydrogen) atoms. The van der Waals surface area contributed by atoms with Gasteiger partial charge in [-0.25, -0.2) is 0 Å². The molecule has 0 saturated heterocycles. The fourth-order valence-electron chi connectivity index (χ4n) is 4.87. The smallest absolute Gasteiger partial charge is 0.224 e. The second-order valence-corrected chi connectivity index (χ2v) is 7.17. The van der Waals surface area contributed by atoms with Gasteiger partial charge in [0.2, 0.25) is 5.91 Å². The summed E-state index contributed by atoms with van der Waals surface area (Å²) in [4.78, 5) is 12.4. The Labute approximate surface area is 121 Å². The quantitative estimate of drug-likeness (QED) is 0.726. The highest BCUT2D eigenvalue weighted by Gasteiger charge is 2.49. The molecule has 6 unspecified atom stereocenters. The summed E-state index contributed by atoms with van der Waals surface area (Å²) in [6.07, 6.45) is 8.22. The maximum absolute atomic E-state index is 12.4. The van der Waals surface area contributed by atoms with Crippen LogP contribution in [0.15, 0.2) is 0 Å². The summed E-state index contributed by atoms with van der Waals surface area (Å²) >= 11 is 0. The van der Waals surface area contributed by atoms with Crippen molar-refractivity contribution in [3.05, 3.63) is 0 Å². The third kappa shape index (κ3) is 2.60. The topological polar surface area (TPSA) is 75.4 Å². The zero-order valence-electron chi connectivity index (χ0n) is 12.3. The van der Waals surface area contributed by atoms with Crippen LogP contribution in [0.5, 0.6) is 0 Å². The van der Waals surface area contributed by atoms with E-state index in [1.807, 2.05) is 0 Å². The minimum absolute atomic E-state index is 0.0462. The molecule has 0 aromatic heterocycles.